The van der Waals surface area contributed by atoms with Crippen LogP contribution in [-0.2, 0) is 21.2 Å². The lowest BCUT2D eigenvalue weighted by atomic mass is 10.1. The van der Waals surface area contributed by atoms with Crippen molar-refractivity contribution in [2.24, 2.45) is 0 Å². The number of rotatable bonds is 8. The predicted octanol–water partition coefficient (Wildman–Crippen LogP) is 3.99. The highest BCUT2D eigenvalue weighted by Crippen LogP contribution is 2.33. The van der Waals surface area contributed by atoms with Crippen molar-refractivity contribution in [3.8, 4) is 11.5 Å². The first-order chi connectivity index (χ1) is 13.4. The van der Waals surface area contributed by atoms with Crippen LogP contribution in [0.3, 0.4) is 0 Å². The Kier molecular flexibility index (Phi) is 6.76. The van der Waals surface area contributed by atoms with Gasteiger partial charge < -0.3 is 9.53 Å². The zero-order chi connectivity index (χ0) is 21.8. The monoisotopic (exact) mass is 420 g/mol. The summed E-state index contributed by atoms with van der Waals surface area (Å²) in [7, 11) is -3.92. The molecule has 9 heteroatoms. The zero-order valence-electron chi connectivity index (χ0n) is 16.8. The van der Waals surface area contributed by atoms with Gasteiger partial charge >= 0.3 is 5.69 Å². The number of nitro benzene ring substituents is 1. The van der Waals surface area contributed by atoms with E-state index in [9.17, 15) is 23.3 Å². The molecule has 0 aromatic heterocycles. The summed E-state index contributed by atoms with van der Waals surface area (Å²) in [6.45, 7) is 6.56. The van der Waals surface area contributed by atoms with Crippen molar-refractivity contribution < 1.29 is 22.9 Å². The predicted molar refractivity (Wildman–Crippen MR) is 109 cm³/mol. The van der Waals surface area contributed by atoms with Crippen molar-refractivity contribution in [3.05, 3.63) is 58.1 Å². The highest BCUT2D eigenvalue weighted by Gasteiger charge is 2.26. The SMILES string of the molecule is CC(=O)CCc1ccc(Oc2ccc(S(=O)(=O)NC(C)(C)C)cc2[N+](=O)[O-])cc1. The second-order valence-electron chi connectivity index (χ2n) is 7.69. The Balaban J connectivity index is 2.27. The molecule has 0 heterocycles. The maximum Gasteiger partial charge on any atom is 0.312 e. The van der Waals surface area contributed by atoms with Crippen LogP contribution >= 0.6 is 0 Å². The molecule has 0 aliphatic carbocycles. The highest BCUT2D eigenvalue weighted by atomic mass is 32.2. The molecule has 0 saturated carbocycles. The smallest absolute Gasteiger partial charge is 0.312 e. The number of carbonyl (C=O) groups excluding carboxylic acids is 1. The number of ether oxygens (including phenoxy) is 1. The molecule has 0 aliphatic rings. The summed E-state index contributed by atoms with van der Waals surface area (Å²) in [6, 6.07) is 10.3. The number of carbonyl (C=O) groups is 1. The van der Waals surface area contributed by atoms with E-state index in [-0.39, 0.29) is 16.4 Å². The normalized spacial score (nSPS) is 11.9. The minimum atomic E-state index is -3.92. The van der Waals surface area contributed by atoms with Crippen LogP contribution in [0.5, 0.6) is 11.5 Å². The van der Waals surface area contributed by atoms with Crippen LogP contribution in [-0.4, -0.2) is 24.7 Å². The third kappa shape index (κ3) is 6.65. The van der Waals surface area contributed by atoms with Crippen LogP contribution in [0.4, 0.5) is 5.69 Å². The largest absolute Gasteiger partial charge is 0.450 e. The Morgan fingerprint density at radius 2 is 1.76 bits per heavy atom. The molecule has 0 spiro atoms. The fourth-order valence-corrected chi connectivity index (χ4v) is 3.96. The van der Waals surface area contributed by atoms with Crippen molar-refractivity contribution in [2.75, 3.05) is 0 Å². The summed E-state index contributed by atoms with van der Waals surface area (Å²) in [5.41, 5.74) is -0.244. The van der Waals surface area contributed by atoms with E-state index in [1.165, 1.54) is 19.1 Å². The number of Topliss-reactive ketones (excluding diaryl/α,β-unsaturated/α-hetero) is 1. The van der Waals surface area contributed by atoms with Gasteiger partial charge in [-0.3, -0.25) is 10.1 Å². The van der Waals surface area contributed by atoms with E-state index in [1.807, 2.05) is 0 Å². The summed E-state index contributed by atoms with van der Waals surface area (Å²) in [4.78, 5) is 21.6. The number of ketones is 1. The standard InChI is InChI=1S/C20H24N2O6S/c1-14(23)5-6-15-7-9-16(10-8-15)28-19-12-11-17(13-18(19)22(24)25)29(26,27)21-20(2,3)4/h7-13,21H,5-6H2,1-4H3. The quantitative estimate of drug-likeness (QED) is 0.510. The topological polar surface area (TPSA) is 116 Å². The van der Waals surface area contributed by atoms with Crippen LogP contribution in [0.15, 0.2) is 47.4 Å². The number of sulfonamides is 1. The van der Waals surface area contributed by atoms with Gasteiger partial charge in [-0.15, -0.1) is 0 Å². The van der Waals surface area contributed by atoms with Crippen molar-refractivity contribution in [1.82, 2.24) is 4.72 Å². The van der Waals surface area contributed by atoms with Crippen LogP contribution in [0.1, 0.15) is 39.7 Å². The molecular weight excluding hydrogens is 396 g/mol. The van der Waals surface area contributed by atoms with Crippen LogP contribution in [0.2, 0.25) is 0 Å². The van der Waals surface area contributed by atoms with Gasteiger partial charge in [0.15, 0.2) is 0 Å². The van der Waals surface area contributed by atoms with Crippen molar-refractivity contribution in [2.45, 2.75) is 51.0 Å². The summed E-state index contributed by atoms with van der Waals surface area (Å²) >= 11 is 0. The maximum absolute atomic E-state index is 12.4. The molecule has 2 aromatic rings. The summed E-state index contributed by atoms with van der Waals surface area (Å²) in [5.74, 6) is 0.390. The number of nitrogens with one attached hydrogen (secondary N) is 1. The molecule has 2 aromatic carbocycles. The van der Waals surface area contributed by atoms with E-state index in [1.54, 1.807) is 45.0 Å². The van der Waals surface area contributed by atoms with Crippen LogP contribution in [0.25, 0.3) is 0 Å². The molecule has 8 nitrogen and oxygen atoms in total. The lowest BCUT2D eigenvalue weighted by Crippen LogP contribution is -2.40. The third-order valence-corrected chi connectivity index (χ3v) is 5.55. The van der Waals surface area contributed by atoms with Gasteiger partial charge in [-0.1, -0.05) is 12.1 Å². The van der Waals surface area contributed by atoms with Gasteiger partial charge in [-0.2, -0.15) is 0 Å². The lowest BCUT2D eigenvalue weighted by molar-refractivity contribution is -0.385. The fourth-order valence-electron chi connectivity index (χ4n) is 2.53. The van der Waals surface area contributed by atoms with Gasteiger partial charge in [0.2, 0.25) is 15.8 Å². The Hall–Kier alpha value is -2.78. The van der Waals surface area contributed by atoms with Gasteiger partial charge in [0, 0.05) is 18.0 Å². The Labute approximate surface area is 170 Å². The highest BCUT2D eigenvalue weighted by molar-refractivity contribution is 7.89. The van der Waals surface area contributed by atoms with Gasteiger partial charge in [0.25, 0.3) is 0 Å². The second-order valence-corrected chi connectivity index (χ2v) is 9.37. The second kappa shape index (κ2) is 8.71. The molecule has 0 saturated heterocycles. The molecule has 0 amide bonds. The zero-order valence-corrected chi connectivity index (χ0v) is 17.6. The molecular formula is C20H24N2O6S. The number of aryl methyl sites for hydroxylation is 1. The molecule has 2 rings (SSSR count). The molecule has 0 atom stereocenters. The summed E-state index contributed by atoms with van der Waals surface area (Å²) < 4.78 is 32.9. The fraction of sp³-hybridized carbons (Fsp3) is 0.350. The van der Waals surface area contributed by atoms with Gasteiger partial charge in [0.1, 0.15) is 11.5 Å². The molecule has 1 N–H and O–H groups in total. The average Bonchev–Trinajstić information content (AvgIpc) is 2.59. The van der Waals surface area contributed by atoms with Crippen LogP contribution in [0, 0.1) is 10.1 Å². The van der Waals surface area contributed by atoms with Crippen molar-refractivity contribution >= 4 is 21.5 Å². The van der Waals surface area contributed by atoms with Crippen molar-refractivity contribution in [1.29, 1.82) is 0 Å². The third-order valence-electron chi connectivity index (χ3n) is 3.79. The first-order valence-electron chi connectivity index (χ1n) is 8.96. The minimum Gasteiger partial charge on any atom is -0.450 e. The Morgan fingerprint density at radius 3 is 2.28 bits per heavy atom. The molecule has 0 fully saturated rings. The van der Waals surface area contributed by atoms with Crippen LogP contribution < -0.4 is 9.46 Å². The number of hydrogen-bond acceptors (Lipinski definition) is 6. The summed E-state index contributed by atoms with van der Waals surface area (Å²) in [6.07, 6.45) is 1.04. The van der Waals surface area contributed by atoms with E-state index < -0.39 is 26.2 Å². The molecule has 0 aliphatic heterocycles. The Bertz CT molecular complexity index is 1010. The van der Waals surface area contributed by atoms with Gasteiger partial charge in [0.05, 0.1) is 9.82 Å². The van der Waals surface area contributed by atoms with Crippen molar-refractivity contribution in [3.63, 3.8) is 0 Å². The summed E-state index contributed by atoms with van der Waals surface area (Å²) in [5, 5.41) is 11.5. The average molecular weight is 420 g/mol. The molecule has 29 heavy (non-hydrogen) atoms. The number of nitrogens with zero attached hydrogens (tertiary/aromatic N) is 1. The van der Waals surface area contributed by atoms with Gasteiger partial charge in [-0.25, -0.2) is 13.1 Å². The number of nitro groups is 1. The van der Waals surface area contributed by atoms with Gasteiger partial charge in [-0.05, 0) is 63.9 Å². The lowest BCUT2D eigenvalue weighted by Gasteiger charge is -2.20. The number of hydrogen-bond donors (Lipinski definition) is 1. The van der Waals surface area contributed by atoms with E-state index >= 15 is 0 Å². The Morgan fingerprint density at radius 1 is 1.14 bits per heavy atom. The van der Waals surface area contributed by atoms with E-state index in [0.717, 1.165) is 11.6 Å². The maximum atomic E-state index is 12.4. The van der Waals surface area contributed by atoms with E-state index in [4.69, 9.17) is 4.74 Å². The molecule has 156 valence electrons. The molecule has 0 bridgehead atoms. The minimum absolute atomic E-state index is 0.0683. The number of benzene rings is 2. The van der Waals surface area contributed by atoms with E-state index in [2.05, 4.69) is 4.72 Å². The first-order valence-corrected chi connectivity index (χ1v) is 10.4. The first kappa shape index (κ1) is 22.5. The molecule has 0 radical (unpaired) electrons. The van der Waals surface area contributed by atoms with E-state index in [0.29, 0.717) is 18.6 Å². The molecule has 0 unspecified atom stereocenters.